The van der Waals surface area contributed by atoms with Crippen LogP contribution in [0.1, 0.15) is 23.0 Å². The van der Waals surface area contributed by atoms with Crippen molar-refractivity contribution in [2.24, 2.45) is 5.10 Å². The number of carboxylic acids is 1. The van der Waals surface area contributed by atoms with Gasteiger partial charge in [0.15, 0.2) is 5.15 Å². The lowest BCUT2D eigenvalue weighted by atomic mass is 10.1. The standard InChI is InChI=1S/C15H12Cl3N3O3/c1-7(8-4-3-5-9(6-8)24-2)20-21-12-10(16)13(15(22)23)19-14(18)11(12)17/h3-6H,1-2H3,(H,19,21)(H,22,23)/p-1/b20-7-. The number of nitrogens with one attached hydrogen (secondary N) is 1. The molecule has 0 unspecified atom stereocenters. The number of rotatable bonds is 5. The largest absolute Gasteiger partial charge is 0.543 e. The maximum absolute atomic E-state index is 11.0. The van der Waals surface area contributed by atoms with Gasteiger partial charge in [0.25, 0.3) is 0 Å². The van der Waals surface area contributed by atoms with Crippen molar-refractivity contribution in [1.29, 1.82) is 0 Å². The Morgan fingerprint density at radius 1 is 1.29 bits per heavy atom. The number of carbonyl (C=O) groups is 1. The number of pyridine rings is 1. The fourth-order valence-electron chi connectivity index (χ4n) is 1.80. The van der Waals surface area contributed by atoms with Crippen LogP contribution in [0.5, 0.6) is 5.75 Å². The number of hydrazone groups is 1. The molecule has 0 spiro atoms. The van der Waals surface area contributed by atoms with Crippen LogP contribution in [-0.2, 0) is 0 Å². The van der Waals surface area contributed by atoms with Crippen molar-refractivity contribution in [2.45, 2.75) is 6.92 Å². The number of nitrogens with zero attached hydrogens (tertiary/aromatic N) is 2. The van der Waals surface area contributed by atoms with E-state index in [1.807, 2.05) is 12.1 Å². The van der Waals surface area contributed by atoms with Crippen molar-refractivity contribution >= 4 is 52.2 Å². The molecular weight excluding hydrogens is 377 g/mol. The Morgan fingerprint density at radius 2 is 2.00 bits per heavy atom. The maximum Gasteiger partial charge on any atom is 0.150 e. The molecule has 24 heavy (non-hydrogen) atoms. The van der Waals surface area contributed by atoms with Gasteiger partial charge in [0.1, 0.15) is 16.5 Å². The van der Waals surface area contributed by atoms with Crippen molar-refractivity contribution in [1.82, 2.24) is 4.98 Å². The first kappa shape index (κ1) is 18.3. The molecule has 1 aromatic carbocycles. The number of hydrogen-bond donors (Lipinski definition) is 1. The van der Waals surface area contributed by atoms with Crippen LogP contribution in [0, 0.1) is 0 Å². The summed E-state index contributed by atoms with van der Waals surface area (Å²) in [6.07, 6.45) is 0. The molecule has 0 amide bonds. The van der Waals surface area contributed by atoms with E-state index in [0.29, 0.717) is 11.5 Å². The van der Waals surface area contributed by atoms with Crippen LogP contribution >= 0.6 is 34.8 Å². The highest BCUT2D eigenvalue weighted by Gasteiger charge is 2.17. The van der Waals surface area contributed by atoms with Gasteiger partial charge in [-0.25, -0.2) is 4.98 Å². The fourth-order valence-corrected chi connectivity index (χ4v) is 2.46. The highest BCUT2D eigenvalue weighted by atomic mass is 35.5. The fraction of sp³-hybridized carbons (Fsp3) is 0.133. The van der Waals surface area contributed by atoms with Gasteiger partial charge in [-0.15, -0.1) is 0 Å². The molecule has 0 radical (unpaired) electrons. The van der Waals surface area contributed by atoms with Crippen LogP contribution in [0.4, 0.5) is 5.69 Å². The van der Waals surface area contributed by atoms with Gasteiger partial charge in [0.05, 0.1) is 29.5 Å². The lowest BCUT2D eigenvalue weighted by Gasteiger charge is -2.13. The van der Waals surface area contributed by atoms with Gasteiger partial charge in [0, 0.05) is 5.56 Å². The number of anilines is 1. The molecule has 0 saturated carbocycles. The van der Waals surface area contributed by atoms with Crippen molar-refractivity contribution in [3.05, 3.63) is 50.7 Å². The van der Waals surface area contributed by atoms with Crippen LogP contribution in [0.15, 0.2) is 29.4 Å². The lowest BCUT2D eigenvalue weighted by Crippen LogP contribution is -2.24. The highest BCUT2D eigenvalue weighted by molar-refractivity contribution is 6.46. The second kappa shape index (κ2) is 7.70. The van der Waals surface area contributed by atoms with Gasteiger partial charge in [-0.05, 0) is 19.1 Å². The van der Waals surface area contributed by atoms with Crippen molar-refractivity contribution in [2.75, 3.05) is 12.5 Å². The highest BCUT2D eigenvalue weighted by Crippen LogP contribution is 2.36. The van der Waals surface area contributed by atoms with Gasteiger partial charge in [-0.1, -0.05) is 46.9 Å². The summed E-state index contributed by atoms with van der Waals surface area (Å²) in [5.74, 6) is -0.903. The molecule has 1 aromatic heterocycles. The summed E-state index contributed by atoms with van der Waals surface area (Å²) < 4.78 is 5.15. The van der Waals surface area contributed by atoms with Gasteiger partial charge < -0.3 is 14.6 Å². The minimum atomic E-state index is -1.57. The molecule has 0 bridgehead atoms. The predicted molar refractivity (Wildman–Crippen MR) is 92.4 cm³/mol. The SMILES string of the molecule is COc1cccc(/C(C)=N\Nc2c(Cl)c(Cl)nc(C(=O)[O-])c2Cl)c1. The topological polar surface area (TPSA) is 86.6 Å². The zero-order chi connectivity index (χ0) is 17.9. The van der Waals surface area contributed by atoms with E-state index in [9.17, 15) is 9.90 Å². The Kier molecular flexibility index (Phi) is 5.88. The lowest BCUT2D eigenvalue weighted by molar-refractivity contribution is -0.255. The van der Waals surface area contributed by atoms with E-state index in [-0.39, 0.29) is 20.9 Å². The molecule has 1 heterocycles. The van der Waals surface area contributed by atoms with Crippen LogP contribution in [0.25, 0.3) is 0 Å². The third-order valence-electron chi connectivity index (χ3n) is 3.05. The summed E-state index contributed by atoms with van der Waals surface area (Å²) in [5, 5.41) is 14.7. The number of hydrogen-bond acceptors (Lipinski definition) is 6. The van der Waals surface area contributed by atoms with E-state index in [0.717, 1.165) is 5.56 Å². The average Bonchev–Trinajstić information content (AvgIpc) is 2.57. The van der Waals surface area contributed by atoms with Gasteiger partial charge in [-0.2, -0.15) is 5.10 Å². The van der Waals surface area contributed by atoms with Crippen molar-refractivity contribution in [3.63, 3.8) is 0 Å². The Morgan fingerprint density at radius 3 is 2.62 bits per heavy atom. The number of aromatic carboxylic acids is 1. The Bertz CT molecular complexity index is 825. The molecule has 1 N–H and O–H groups in total. The first-order valence-electron chi connectivity index (χ1n) is 6.55. The van der Waals surface area contributed by atoms with Crippen LogP contribution in [0.2, 0.25) is 15.2 Å². The number of carbonyl (C=O) groups excluding carboxylic acids is 1. The first-order valence-corrected chi connectivity index (χ1v) is 7.69. The number of benzene rings is 1. The molecule has 0 aliphatic rings. The quantitative estimate of drug-likeness (QED) is 0.483. The molecule has 0 aliphatic heterocycles. The van der Waals surface area contributed by atoms with Crippen molar-refractivity contribution < 1.29 is 14.6 Å². The minimum absolute atomic E-state index is 0.0276. The number of ether oxygens (including phenoxy) is 1. The van der Waals surface area contributed by atoms with Crippen molar-refractivity contribution in [3.8, 4) is 5.75 Å². The molecule has 0 saturated heterocycles. The average molecular weight is 388 g/mol. The number of aromatic nitrogens is 1. The normalized spacial score (nSPS) is 11.3. The Labute approximate surface area is 153 Å². The second-order valence-corrected chi connectivity index (χ2v) is 5.70. The molecule has 2 rings (SSSR count). The van der Waals surface area contributed by atoms with Crippen LogP contribution < -0.4 is 15.3 Å². The summed E-state index contributed by atoms with van der Waals surface area (Å²) in [4.78, 5) is 14.6. The van der Waals surface area contributed by atoms with Gasteiger partial charge in [0.2, 0.25) is 0 Å². The number of carboxylic acid groups (broad SMARTS) is 1. The predicted octanol–water partition coefficient (Wildman–Crippen LogP) is 3.25. The third-order valence-corrected chi connectivity index (χ3v) is 4.16. The molecule has 0 atom stereocenters. The Balaban J connectivity index is 2.38. The summed E-state index contributed by atoms with van der Waals surface area (Å²) in [6.45, 7) is 1.74. The minimum Gasteiger partial charge on any atom is -0.543 e. The summed E-state index contributed by atoms with van der Waals surface area (Å²) in [6, 6.07) is 7.23. The third kappa shape index (κ3) is 3.90. The van der Waals surface area contributed by atoms with Gasteiger partial charge in [-0.3, -0.25) is 5.43 Å². The molecule has 2 aromatic rings. The summed E-state index contributed by atoms with van der Waals surface area (Å²) in [7, 11) is 1.56. The monoisotopic (exact) mass is 386 g/mol. The summed E-state index contributed by atoms with van der Waals surface area (Å²) in [5.41, 5.74) is 3.50. The number of methoxy groups -OCH3 is 1. The van der Waals surface area contributed by atoms with E-state index in [2.05, 4.69) is 15.5 Å². The molecule has 126 valence electrons. The zero-order valence-corrected chi connectivity index (χ0v) is 14.8. The van der Waals surface area contributed by atoms with Crippen LogP contribution in [-0.4, -0.2) is 23.8 Å². The van der Waals surface area contributed by atoms with E-state index < -0.39 is 11.7 Å². The molecule has 6 nitrogen and oxygen atoms in total. The summed E-state index contributed by atoms with van der Waals surface area (Å²) >= 11 is 17.8. The van der Waals surface area contributed by atoms with E-state index >= 15 is 0 Å². The van der Waals surface area contributed by atoms with E-state index in [1.54, 1.807) is 26.2 Å². The maximum atomic E-state index is 11.0. The zero-order valence-electron chi connectivity index (χ0n) is 12.6. The first-order chi connectivity index (χ1) is 11.3. The second-order valence-electron chi connectivity index (χ2n) is 4.58. The van der Waals surface area contributed by atoms with E-state index in [4.69, 9.17) is 39.5 Å². The molecule has 0 aliphatic carbocycles. The van der Waals surface area contributed by atoms with E-state index in [1.165, 1.54) is 0 Å². The van der Waals surface area contributed by atoms with Gasteiger partial charge >= 0.3 is 0 Å². The smallest absolute Gasteiger partial charge is 0.150 e. The van der Waals surface area contributed by atoms with Crippen LogP contribution in [0.3, 0.4) is 0 Å². The molecular formula is C15H11Cl3N3O3-. The Hall–Kier alpha value is -2.02. The molecule has 9 heteroatoms. The molecule has 0 fully saturated rings. The number of halogens is 3.